The van der Waals surface area contributed by atoms with Gasteiger partial charge in [0.2, 0.25) is 17.7 Å². The van der Waals surface area contributed by atoms with E-state index in [9.17, 15) is 14.9 Å². The van der Waals surface area contributed by atoms with Gasteiger partial charge in [0.05, 0.1) is 13.1 Å². The van der Waals surface area contributed by atoms with Crippen LogP contribution in [0.3, 0.4) is 0 Å². The van der Waals surface area contributed by atoms with E-state index in [4.69, 9.17) is 4.42 Å². The van der Waals surface area contributed by atoms with Crippen LogP contribution in [0.15, 0.2) is 22.6 Å². The van der Waals surface area contributed by atoms with Gasteiger partial charge >= 0.3 is 0 Å². The van der Waals surface area contributed by atoms with E-state index in [1.807, 2.05) is 38.1 Å². The van der Waals surface area contributed by atoms with Gasteiger partial charge in [0.25, 0.3) is 0 Å². The van der Waals surface area contributed by atoms with Crippen LogP contribution in [0.2, 0.25) is 0 Å². The number of amides is 2. The van der Waals surface area contributed by atoms with E-state index < -0.39 is 0 Å². The standard InChI is InChI=1S/C20H24N4O3/c1-12-7-6-8-13(2)19(12)22-17(25)10-24(5)11-18(26)23-20-16(9-21)14(3)15(4)27-20/h6-8H,10-11H2,1-5H3,(H,22,25)(H,23,26). The number of hydrogen-bond acceptors (Lipinski definition) is 5. The Kier molecular flexibility index (Phi) is 6.37. The van der Waals surface area contributed by atoms with Crippen LogP contribution in [0, 0.1) is 39.0 Å². The number of nitriles is 1. The number of hydrogen-bond donors (Lipinski definition) is 2. The van der Waals surface area contributed by atoms with Crippen LogP contribution in [0.1, 0.15) is 28.0 Å². The lowest BCUT2D eigenvalue weighted by atomic mass is 10.1. The molecule has 1 aromatic heterocycles. The number of carbonyl (C=O) groups is 2. The van der Waals surface area contributed by atoms with Crippen LogP contribution in [-0.4, -0.2) is 36.9 Å². The third kappa shape index (κ3) is 4.96. The average Bonchev–Trinajstić information content (AvgIpc) is 2.84. The molecule has 27 heavy (non-hydrogen) atoms. The molecule has 0 saturated heterocycles. The number of benzene rings is 1. The molecule has 0 saturated carbocycles. The van der Waals surface area contributed by atoms with Crippen molar-refractivity contribution >= 4 is 23.4 Å². The molecule has 2 amide bonds. The molecule has 142 valence electrons. The topological polar surface area (TPSA) is 98.4 Å². The average molecular weight is 368 g/mol. The minimum atomic E-state index is -0.359. The number of carbonyl (C=O) groups excluding carboxylic acids is 2. The molecule has 1 aromatic carbocycles. The fourth-order valence-electron chi connectivity index (χ4n) is 2.75. The maximum atomic E-state index is 12.3. The zero-order chi connectivity index (χ0) is 20.1. The Morgan fingerprint density at radius 3 is 2.19 bits per heavy atom. The molecule has 7 heteroatoms. The summed E-state index contributed by atoms with van der Waals surface area (Å²) in [6.45, 7) is 7.40. The van der Waals surface area contributed by atoms with Crippen LogP contribution in [-0.2, 0) is 9.59 Å². The predicted molar refractivity (Wildman–Crippen MR) is 104 cm³/mol. The van der Waals surface area contributed by atoms with Gasteiger partial charge in [-0.2, -0.15) is 5.26 Å². The van der Waals surface area contributed by atoms with Crippen molar-refractivity contribution in [3.63, 3.8) is 0 Å². The number of likely N-dealkylation sites (N-methyl/N-ethyl adjacent to an activating group) is 1. The smallest absolute Gasteiger partial charge is 0.240 e. The molecule has 0 radical (unpaired) electrons. The van der Waals surface area contributed by atoms with E-state index in [0.29, 0.717) is 16.9 Å². The van der Waals surface area contributed by atoms with Crippen LogP contribution >= 0.6 is 0 Å². The normalized spacial score (nSPS) is 10.6. The number of rotatable bonds is 6. The molecule has 0 aliphatic carbocycles. The van der Waals surface area contributed by atoms with Gasteiger partial charge in [-0.3, -0.25) is 19.8 Å². The molecule has 2 N–H and O–H groups in total. The Hall–Kier alpha value is -3.11. The summed E-state index contributed by atoms with van der Waals surface area (Å²) in [4.78, 5) is 26.1. The summed E-state index contributed by atoms with van der Waals surface area (Å²) in [5.41, 5.74) is 3.78. The van der Waals surface area contributed by atoms with Crippen LogP contribution in [0.5, 0.6) is 0 Å². The van der Waals surface area contributed by atoms with Gasteiger partial charge in [0.15, 0.2) is 0 Å². The summed E-state index contributed by atoms with van der Waals surface area (Å²) in [7, 11) is 1.67. The van der Waals surface area contributed by atoms with E-state index in [1.165, 1.54) is 0 Å². The number of nitrogens with zero attached hydrogens (tertiary/aromatic N) is 2. The summed E-state index contributed by atoms with van der Waals surface area (Å²) >= 11 is 0. The predicted octanol–water partition coefficient (Wildman–Crippen LogP) is 2.89. The Bertz CT molecular complexity index is 888. The maximum Gasteiger partial charge on any atom is 0.240 e. The van der Waals surface area contributed by atoms with Crippen LogP contribution in [0.4, 0.5) is 11.6 Å². The highest BCUT2D eigenvalue weighted by Crippen LogP contribution is 2.25. The highest BCUT2D eigenvalue weighted by atomic mass is 16.4. The molecule has 0 bridgehead atoms. The number of nitrogens with one attached hydrogen (secondary N) is 2. The lowest BCUT2D eigenvalue weighted by molar-refractivity contribution is -0.119. The van der Waals surface area contributed by atoms with Crippen LogP contribution < -0.4 is 10.6 Å². The van der Waals surface area contributed by atoms with Crippen LogP contribution in [0.25, 0.3) is 0 Å². The first-order chi connectivity index (χ1) is 12.7. The van der Waals surface area contributed by atoms with Gasteiger partial charge in [-0.05, 0) is 45.9 Å². The molecule has 0 aliphatic heterocycles. The minimum absolute atomic E-state index is 0.0101. The highest BCUT2D eigenvalue weighted by molar-refractivity contribution is 5.95. The molecular weight excluding hydrogens is 344 g/mol. The molecular formula is C20H24N4O3. The monoisotopic (exact) mass is 368 g/mol. The first-order valence-corrected chi connectivity index (χ1v) is 8.57. The fraction of sp³-hybridized carbons (Fsp3) is 0.350. The van der Waals surface area contributed by atoms with E-state index in [2.05, 4.69) is 10.6 Å². The van der Waals surface area contributed by atoms with E-state index in [-0.39, 0.29) is 30.8 Å². The Morgan fingerprint density at radius 2 is 1.63 bits per heavy atom. The largest absolute Gasteiger partial charge is 0.444 e. The SMILES string of the molecule is Cc1cccc(C)c1NC(=O)CN(C)CC(=O)Nc1oc(C)c(C)c1C#N. The van der Waals surface area contributed by atoms with Crippen molar-refractivity contribution in [1.29, 1.82) is 5.26 Å². The summed E-state index contributed by atoms with van der Waals surface area (Å²) in [5.74, 6) is 0.168. The number of aryl methyl sites for hydroxylation is 3. The van der Waals surface area contributed by atoms with Gasteiger partial charge < -0.3 is 9.73 Å². The number of para-hydroxylation sites is 1. The quantitative estimate of drug-likeness (QED) is 0.817. The third-order valence-electron chi connectivity index (χ3n) is 4.32. The second kappa shape index (κ2) is 8.52. The Labute approximate surface area is 159 Å². The molecule has 1 heterocycles. The Morgan fingerprint density at radius 1 is 1.07 bits per heavy atom. The van der Waals surface area contributed by atoms with Crippen molar-refractivity contribution in [3.8, 4) is 6.07 Å². The molecule has 2 aromatic rings. The van der Waals surface area contributed by atoms with Gasteiger partial charge in [-0.25, -0.2) is 0 Å². The summed E-state index contributed by atoms with van der Waals surface area (Å²) in [6.07, 6.45) is 0. The Balaban J connectivity index is 1.92. The van der Waals surface area contributed by atoms with Crippen molar-refractivity contribution in [3.05, 3.63) is 46.2 Å². The highest BCUT2D eigenvalue weighted by Gasteiger charge is 2.18. The van der Waals surface area contributed by atoms with E-state index in [0.717, 1.165) is 16.8 Å². The van der Waals surface area contributed by atoms with Gasteiger partial charge in [-0.15, -0.1) is 0 Å². The molecule has 0 unspecified atom stereocenters. The second-order valence-electron chi connectivity index (χ2n) is 6.63. The number of furan rings is 1. The molecule has 0 spiro atoms. The van der Waals surface area contributed by atoms with Crippen molar-refractivity contribution in [1.82, 2.24) is 4.90 Å². The summed E-state index contributed by atoms with van der Waals surface area (Å²) in [6, 6.07) is 7.82. The van der Waals surface area contributed by atoms with Gasteiger partial charge in [0.1, 0.15) is 17.4 Å². The molecule has 0 fully saturated rings. The summed E-state index contributed by atoms with van der Waals surface area (Å²) in [5, 5.41) is 14.7. The van der Waals surface area contributed by atoms with Crippen molar-refractivity contribution < 1.29 is 14.0 Å². The lowest BCUT2D eigenvalue weighted by Gasteiger charge is -2.17. The van der Waals surface area contributed by atoms with Crippen molar-refractivity contribution in [2.75, 3.05) is 30.8 Å². The summed E-state index contributed by atoms with van der Waals surface area (Å²) < 4.78 is 5.42. The minimum Gasteiger partial charge on any atom is -0.444 e. The molecule has 7 nitrogen and oxygen atoms in total. The fourth-order valence-corrected chi connectivity index (χ4v) is 2.75. The van der Waals surface area contributed by atoms with E-state index >= 15 is 0 Å². The van der Waals surface area contributed by atoms with Crippen molar-refractivity contribution in [2.45, 2.75) is 27.7 Å². The zero-order valence-corrected chi connectivity index (χ0v) is 16.3. The van der Waals surface area contributed by atoms with Gasteiger partial charge in [0, 0.05) is 11.3 Å². The molecule has 2 rings (SSSR count). The molecule has 0 atom stereocenters. The molecule has 0 aliphatic rings. The third-order valence-corrected chi connectivity index (χ3v) is 4.32. The van der Waals surface area contributed by atoms with Gasteiger partial charge in [-0.1, -0.05) is 18.2 Å². The first-order valence-electron chi connectivity index (χ1n) is 8.57. The second-order valence-corrected chi connectivity index (χ2v) is 6.63. The van der Waals surface area contributed by atoms with E-state index in [1.54, 1.807) is 25.8 Å². The zero-order valence-electron chi connectivity index (χ0n) is 16.3. The van der Waals surface area contributed by atoms with Crippen molar-refractivity contribution in [2.24, 2.45) is 0 Å². The maximum absolute atomic E-state index is 12.3. The number of anilines is 2. The lowest BCUT2D eigenvalue weighted by Crippen LogP contribution is -2.36. The first kappa shape index (κ1) is 20.2.